The molecule has 9 heteroatoms. The van der Waals surface area contributed by atoms with Gasteiger partial charge < -0.3 is 9.72 Å². The zero-order chi connectivity index (χ0) is 23.7. The number of thiophene rings is 1. The Morgan fingerprint density at radius 1 is 0.912 bits per heavy atom. The Balaban J connectivity index is 1.36. The van der Waals surface area contributed by atoms with Crippen LogP contribution in [0.3, 0.4) is 0 Å². The zero-order valence-electron chi connectivity index (χ0n) is 17.5. The summed E-state index contributed by atoms with van der Waals surface area (Å²) in [7, 11) is -4.08. The van der Waals surface area contributed by atoms with Crippen molar-refractivity contribution >= 4 is 38.2 Å². The van der Waals surface area contributed by atoms with Gasteiger partial charge in [-0.15, -0.1) is 0 Å². The molecule has 0 atom stereocenters. The molecule has 2 heterocycles. The summed E-state index contributed by atoms with van der Waals surface area (Å²) in [6, 6.07) is 20.6. The number of hydrogen-bond acceptors (Lipinski definition) is 5. The molecule has 0 saturated heterocycles. The molecule has 0 spiro atoms. The Morgan fingerprint density at radius 3 is 2.47 bits per heavy atom. The number of rotatable bonds is 6. The van der Waals surface area contributed by atoms with Crippen molar-refractivity contribution in [1.29, 1.82) is 0 Å². The van der Waals surface area contributed by atoms with Gasteiger partial charge in [0.15, 0.2) is 0 Å². The molecule has 5 rings (SSSR count). The quantitative estimate of drug-likeness (QED) is 0.307. The van der Waals surface area contributed by atoms with Crippen LogP contribution in [0.2, 0.25) is 0 Å². The molecule has 1 amide bonds. The summed E-state index contributed by atoms with van der Waals surface area (Å²) < 4.78 is 46.6. The van der Waals surface area contributed by atoms with Gasteiger partial charge in [-0.05, 0) is 88.6 Å². The third kappa shape index (κ3) is 4.57. The van der Waals surface area contributed by atoms with Crippen LogP contribution in [-0.2, 0) is 10.0 Å². The first-order valence-corrected chi connectivity index (χ1v) is 12.6. The van der Waals surface area contributed by atoms with Gasteiger partial charge in [0.2, 0.25) is 0 Å². The van der Waals surface area contributed by atoms with Crippen molar-refractivity contribution in [2.24, 2.45) is 0 Å². The first-order valence-electron chi connectivity index (χ1n) is 10.1. The molecular formula is C25H17FN2O4S2. The summed E-state index contributed by atoms with van der Waals surface area (Å²) in [4.78, 5) is 15.7. The van der Waals surface area contributed by atoms with Crippen LogP contribution < -0.4 is 9.46 Å². The van der Waals surface area contributed by atoms with Crippen LogP contribution in [0, 0.1) is 5.82 Å². The van der Waals surface area contributed by atoms with Gasteiger partial charge in [-0.2, -0.15) is 11.3 Å². The van der Waals surface area contributed by atoms with E-state index in [0.29, 0.717) is 22.4 Å². The molecule has 0 bridgehead atoms. The average Bonchev–Trinajstić information content (AvgIpc) is 3.50. The van der Waals surface area contributed by atoms with E-state index >= 15 is 0 Å². The van der Waals surface area contributed by atoms with Crippen LogP contribution in [0.15, 0.2) is 94.5 Å². The number of aromatic amines is 1. The second-order valence-electron chi connectivity index (χ2n) is 7.46. The fourth-order valence-electron chi connectivity index (χ4n) is 3.44. The number of aromatic nitrogens is 1. The molecule has 2 N–H and O–H groups in total. The summed E-state index contributed by atoms with van der Waals surface area (Å²) in [5, 5.41) is 4.48. The molecule has 0 aliphatic carbocycles. The summed E-state index contributed by atoms with van der Waals surface area (Å²) in [5.41, 5.74) is 2.37. The van der Waals surface area contributed by atoms with E-state index in [4.69, 9.17) is 4.74 Å². The zero-order valence-corrected chi connectivity index (χ0v) is 19.1. The molecule has 6 nitrogen and oxygen atoms in total. The second kappa shape index (κ2) is 8.77. The number of hydrogen-bond donors (Lipinski definition) is 2. The molecule has 170 valence electrons. The van der Waals surface area contributed by atoms with Crippen LogP contribution in [0.4, 0.5) is 4.39 Å². The molecule has 3 aromatic carbocycles. The third-order valence-electron chi connectivity index (χ3n) is 5.11. The van der Waals surface area contributed by atoms with Crippen LogP contribution in [-0.4, -0.2) is 19.3 Å². The van der Waals surface area contributed by atoms with E-state index in [9.17, 15) is 17.6 Å². The standard InChI is InChI=1S/C25H17FN2O4S2/c26-19-4-6-20(7-5-19)32-21-8-9-23-18(12-21)14-24(27-23)25(29)28-34(30,31)22-3-1-2-16(13-22)17-10-11-33-15-17/h1-15,27H,(H,28,29). The van der Waals surface area contributed by atoms with Gasteiger partial charge in [0, 0.05) is 10.9 Å². The van der Waals surface area contributed by atoms with Gasteiger partial charge in [-0.3, -0.25) is 4.79 Å². The highest BCUT2D eigenvalue weighted by Crippen LogP contribution is 2.27. The van der Waals surface area contributed by atoms with Crippen molar-refractivity contribution in [3.63, 3.8) is 0 Å². The minimum atomic E-state index is -4.08. The average molecular weight is 493 g/mol. The van der Waals surface area contributed by atoms with Crippen LogP contribution in [0.5, 0.6) is 11.5 Å². The lowest BCUT2D eigenvalue weighted by Gasteiger charge is -2.07. The van der Waals surface area contributed by atoms with E-state index in [-0.39, 0.29) is 16.4 Å². The minimum absolute atomic E-state index is 0.00403. The molecule has 34 heavy (non-hydrogen) atoms. The van der Waals surface area contributed by atoms with Crippen molar-refractivity contribution in [2.45, 2.75) is 4.90 Å². The highest BCUT2D eigenvalue weighted by molar-refractivity contribution is 7.90. The lowest BCUT2D eigenvalue weighted by Crippen LogP contribution is -2.30. The van der Waals surface area contributed by atoms with Gasteiger partial charge in [-0.1, -0.05) is 12.1 Å². The fraction of sp³-hybridized carbons (Fsp3) is 0. The molecule has 2 aromatic heterocycles. The summed E-state index contributed by atoms with van der Waals surface area (Å²) in [5.74, 6) is -0.191. The Kier molecular flexibility index (Phi) is 5.64. The predicted molar refractivity (Wildman–Crippen MR) is 129 cm³/mol. The first kappa shape index (κ1) is 21.9. The maximum atomic E-state index is 13.1. The van der Waals surface area contributed by atoms with Crippen LogP contribution >= 0.6 is 11.3 Å². The van der Waals surface area contributed by atoms with Gasteiger partial charge in [0.05, 0.1) is 4.90 Å². The number of amides is 1. The Hall–Kier alpha value is -3.95. The van der Waals surface area contributed by atoms with Gasteiger partial charge in [-0.25, -0.2) is 17.5 Å². The van der Waals surface area contributed by atoms with Crippen LogP contribution in [0.25, 0.3) is 22.0 Å². The van der Waals surface area contributed by atoms with Crippen molar-refractivity contribution in [3.05, 3.63) is 101 Å². The number of carbonyl (C=O) groups excluding carboxylic acids is 1. The Morgan fingerprint density at radius 2 is 1.71 bits per heavy atom. The van der Waals surface area contributed by atoms with E-state index in [1.54, 1.807) is 30.3 Å². The SMILES string of the molecule is O=C(NS(=O)(=O)c1cccc(-c2ccsc2)c1)c1cc2cc(Oc3ccc(F)cc3)ccc2[nH]1. The van der Waals surface area contributed by atoms with Crippen molar-refractivity contribution in [3.8, 4) is 22.6 Å². The monoisotopic (exact) mass is 492 g/mol. The molecule has 5 aromatic rings. The highest BCUT2D eigenvalue weighted by Gasteiger charge is 2.21. The summed E-state index contributed by atoms with van der Waals surface area (Å²) >= 11 is 1.51. The number of halogens is 1. The van der Waals surface area contributed by atoms with Crippen molar-refractivity contribution in [2.75, 3.05) is 0 Å². The van der Waals surface area contributed by atoms with Gasteiger partial charge in [0.25, 0.3) is 15.9 Å². The fourth-order valence-corrected chi connectivity index (χ4v) is 5.12. The normalized spacial score (nSPS) is 11.4. The molecule has 0 radical (unpaired) electrons. The molecule has 0 fully saturated rings. The molecule has 0 saturated carbocycles. The number of fused-ring (bicyclic) bond motifs is 1. The van der Waals surface area contributed by atoms with Crippen molar-refractivity contribution in [1.82, 2.24) is 9.71 Å². The number of carbonyl (C=O) groups is 1. The number of benzene rings is 3. The van der Waals surface area contributed by atoms with E-state index in [1.165, 1.54) is 47.7 Å². The van der Waals surface area contributed by atoms with Crippen LogP contribution in [0.1, 0.15) is 10.5 Å². The second-order valence-corrected chi connectivity index (χ2v) is 9.92. The van der Waals surface area contributed by atoms with Gasteiger partial charge >= 0.3 is 0 Å². The lowest BCUT2D eigenvalue weighted by molar-refractivity contribution is 0.0977. The maximum Gasteiger partial charge on any atom is 0.281 e. The number of sulfonamides is 1. The number of ether oxygens (including phenoxy) is 1. The largest absolute Gasteiger partial charge is 0.457 e. The summed E-state index contributed by atoms with van der Waals surface area (Å²) in [6.45, 7) is 0. The Labute approximate surface area is 198 Å². The smallest absolute Gasteiger partial charge is 0.281 e. The molecule has 0 unspecified atom stereocenters. The van der Waals surface area contributed by atoms with E-state index in [1.807, 2.05) is 22.9 Å². The van der Waals surface area contributed by atoms with Gasteiger partial charge in [0.1, 0.15) is 23.0 Å². The third-order valence-corrected chi connectivity index (χ3v) is 7.12. The predicted octanol–water partition coefficient (Wildman–Crippen LogP) is 5.95. The molecule has 0 aliphatic rings. The number of H-pyrrole nitrogens is 1. The maximum absolute atomic E-state index is 13.1. The lowest BCUT2D eigenvalue weighted by atomic mass is 10.1. The topological polar surface area (TPSA) is 88.3 Å². The number of nitrogens with one attached hydrogen (secondary N) is 2. The minimum Gasteiger partial charge on any atom is -0.457 e. The van der Waals surface area contributed by atoms with E-state index in [0.717, 1.165) is 11.1 Å². The van der Waals surface area contributed by atoms with E-state index < -0.39 is 15.9 Å². The Bertz CT molecular complexity index is 1590. The molecule has 0 aliphatic heterocycles. The molecular weight excluding hydrogens is 475 g/mol. The highest BCUT2D eigenvalue weighted by atomic mass is 32.2. The first-order chi connectivity index (χ1) is 16.4. The summed E-state index contributed by atoms with van der Waals surface area (Å²) in [6.07, 6.45) is 0. The van der Waals surface area contributed by atoms with E-state index in [2.05, 4.69) is 9.71 Å². The van der Waals surface area contributed by atoms with Crippen molar-refractivity contribution < 1.29 is 22.3 Å².